The zero-order valence-corrected chi connectivity index (χ0v) is 106. The number of aromatic hydroxyl groups is 3. The maximum absolute atomic E-state index is 12.0. The van der Waals surface area contributed by atoms with E-state index < -0.39 is 53.8 Å². The van der Waals surface area contributed by atoms with Crippen molar-refractivity contribution in [2.24, 2.45) is 15.9 Å². The summed E-state index contributed by atoms with van der Waals surface area (Å²) in [7, 11) is 0. The predicted molar refractivity (Wildman–Crippen MR) is 645 cm³/mol. The van der Waals surface area contributed by atoms with E-state index in [4.69, 9.17) is 30.2 Å². The third-order valence-electron chi connectivity index (χ3n) is 25.3. The van der Waals surface area contributed by atoms with Crippen molar-refractivity contribution in [1.29, 1.82) is 0 Å². The second kappa shape index (κ2) is 58.5. The Hall–Kier alpha value is -8.85. The van der Waals surface area contributed by atoms with Crippen LogP contribution in [0.25, 0.3) is 55.6 Å². The van der Waals surface area contributed by atoms with Gasteiger partial charge in [0.05, 0.1) is 4.47 Å². The maximum atomic E-state index is 12.0. The van der Waals surface area contributed by atoms with Crippen molar-refractivity contribution >= 4 is 133 Å². The molecule has 0 aliphatic heterocycles. The van der Waals surface area contributed by atoms with Crippen molar-refractivity contribution in [1.82, 2.24) is 15.0 Å². The summed E-state index contributed by atoms with van der Waals surface area (Å²) in [6.07, 6.45) is 16.5. The molecule has 16 aromatic rings. The molecule has 19 heteroatoms. The minimum Gasteiger partial charge on any atom is -0.670 e. The van der Waals surface area contributed by atoms with Gasteiger partial charge in [-0.05, 0) is 230 Å². The van der Waals surface area contributed by atoms with Gasteiger partial charge in [0.2, 0.25) is 0 Å². The molecule has 149 heavy (non-hydrogen) atoms. The van der Waals surface area contributed by atoms with E-state index in [0.717, 1.165) is 110 Å². The van der Waals surface area contributed by atoms with Crippen LogP contribution in [0.2, 0.25) is 10.0 Å². The summed E-state index contributed by atoms with van der Waals surface area (Å²) in [5, 5.41) is 34.5. The number of nitrogens with one attached hydrogen (secondary N) is 1. The Morgan fingerprint density at radius 1 is 0.369 bits per heavy atom. The molecular weight excluding hydrogens is 2540 g/mol. The smallest absolute Gasteiger partial charge is 0.132 e. The molecule has 0 amide bonds. The van der Waals surface area contributed by atoms with E-state index in [0.29, 0.717) is 33.4 Å². The number of H-pyrrole nitrogens is 1. The van der Waals surface area contributed by atoms with Crippen LogP contribution >= 0.6 is 103 Å². The van der Waals surface area contributed by atoms with Crippen LogP contribution in [0.5, 0.6) is 17.2 Å². The average molecular weight is 2680 g/mol. The molecule has 0 unspecified atom stereocenters. The Morgan fingerprint density at radius 3 is 1.11 bits per heavy atom. The number of phenols is 3. The average Bonchev–Trinajstić information content (AvgIpc) is 1.08. The molecule has 9 nitrogen and oxygen atoms in total. The number of para-hydroxylation sites is 1. The minimum atomic E-state index is -0.850. The molecule has 4 N–H and O–H groups in total. The van der Waals surface area contributed by atoms with E-state index in [-0.39, 0.29) is 32.8 Å². The summed E-state index contributed by atoms with van der Waals surface area (Å²) in [6.45, 7) is 48.0. The van der Waals surface area contributed by atoms with Crippen molar-refractivity contribution in [2.75, 3.05) is 0 Å². The predicted octanol–water partition coefficient (Wildman–Crippen LogP) is 40.2. The molecule has 3 heterocycles. The monoisotopic (exact) mass is 2680 g/mol. The molecule has 13 aromatic carbocycles. The number of nitrogens with zero attached hydrogens (tertiary/aromatic N) is 5. The number of aromatic amines is 1. The van der Waals surface area contributed by atoms with Crippen LogP contribution in [0.3, 0.4) is 0 Å². The zero-order chi connectivity index (χ0) is 109. The van der Waals surface area contributed by atoms with Crippen LogP contribution in [0, 0.1) is 40.0 Å². The first-order chi connectivity index (χ1) is 70.8. The Balaban J connectivity index is 0.000000180. The van der Waals surface area contributed by atoms with Crippen LogP contribution < -0.4 is 9.97 Å². The number of hydrogen-bond acceptors (Lipinski definition) is 6. The van der Waals surface area contributed by atoms with Gasteiger partial charge in [0, 0.05) is 57.1 Å². The summed E-state index contributed by atoms with van der Waals surface area (Å²) in [4.78, 5) is 10.6. The second-order valence-corrected chi connectivity index (χ2v) is 52.6. The van der Waals surface area contributed by atoms with E-state index in [9.17, 15) is 15.3 Å². The molecule has 2 aliphatic rings. The molecular formula is C130H143Br5Cl2Mo2N6O3W-2. The first kappa shape index (κ1) is 122. The van der Waals surface area contributed by atoms with Gasteiger partial charge >= 0.3 is 394 Å². The van der Waals surface area contributed by atoms with Gasteiger partial charge in [-0.1, -0.05) is 217 Å². The van der Waals surface area contributed by atoms with Gasteiger partial charge in [0.25, 0.3) is 0 Å². The molecule has 0 bridgehead atoms. The molecule has 780 valence electrons. The van der Waals surface area contributed by atoms with E-state index in [1.807, 2.05) is 159 Å². The summed E-state index contributed by atoms with van der Waals surface area (Å²) in [6, 6.07) is 98.6. The Morgan fingerprint density at radius 2 is 0.732 bits per heavy atom. The van der Waals surface area contributed by atoms with Crippen molar-refractivity contribution in [3.05, 3.63) is 432 Å². The number of aryl methyl sites for hydroxylation is 6. The van der Waals surface area contributed by atoms with Crippen LogP contribution in [0.1, 0.15) is 239 Å². The SMILES string of the molecule is CC(C)(C)[CH]=[W]=[N]c1c(Cl)cccc1Cl.CC(C)(C)c1cccc(C(C)(C)C)c1O.CC(C)c1cccc(C(C)C)c1[N]=[Mo]=[CH]C(C)(C)c1ccccc1.Cc1c(Br)cc2c(c1-c1c(O)c(Br)cc3c1CCCC3)CCCC2.Cc1ccc(C)[nH]1.Cc1cccc(C)c1[N]=[Mo]=[CH]C(C)(C)c1ccccc1.Oc1c(-c2ccc(Br)cc2)c(-c2ccccc2)c(Br)c(-c2ccccc2)c1-c1ccc(Br)cc1.c1cc[n-]c1.c1cc[n-]c1. The molecule has 0 fully saturated rings. The minimum absolute atomic E-state index is 0.00859. The van der Waals surface area contributed by atoms with E-state index in [1.165, 1.54) is 120 Å². The Labute approximate surface area is 964 Å². The van der Waals surface area contributed by atoms with Gasteiger partial charge in [-0.3, -0.25) is 0 Å². The van der Waals surface area contributed by atoms with E-state index >= 15 is 0 Å². The molecule has 0 atom stereocenters. The number of benzene rings is 13. The van der Waals surface area contributed by atoms with Crippen LogP contribution in [-0.4, -0.2) is 33.5 Å². The fourth-order valence-corrected chi connectivity index (χ4v) is 26.9. The first-order valence-corrected chi connectivity index (χ1v) is 62.5. The second-order valence-electron chi connectivity index (χ2n) is 42.1. The zero-order valence-electron chi connectivity index (χ0n) is 90.0. The maximum Gasteiger partial charge on any atom is 0.132 e. The number of phenolic OH excluding ortho intramolecular Hbond substituents is 3. The quantitative estimate of drug-likeness (QED) is 0.0802. The van der Waals surface area contributed by atoms with Crippen LogP contribution in [-0.2, 0) is 101 Å². The van der Waals surface area contributed by atoms with Gasteiger partial charge in [-0.15, -0.1) is 0 Å². The standard InChI is InChI=1S/C30H19Br3O.C21H22Br2O.C14H22O.C12H17N.2C10H12.C8H9N.C6H3Cl2N.C6H9N.C5H10.2C4H4N.2Mo.W/c31-23-15-11-21(12-16-23)27-25(19-7-3-1-4-8-19)29(33)26(20-9-5-2-6-10-20)28(30(27)34)22-13-17-24(32)18-14-22;1-12-17(22)10-13-6-2-4-8-15(13)19(12)20-16-9-5-3-7-14(16)11-18(23)21(20)24;1-13(2,3)10-8-7-9-11(12(10)15)14(4,5)6;1-8(2)10-6-5-7-11(9(3)4)12(10)13;2*1-10(2,3)9-7-5-4-6-8-9;1-6-4-3-5-7(2)8(6)9;7-4-2-1-3-5(8)6(4)9;1-5-3-4-6(2)7-5;1-5(2,3)4;2*1-2-4-5-3-1;;;/h1-18,34H;10-11,24H,2-9H2,1H3;7-9,15H,1-6H3;5-9H,1-4H3;2*1,4-8H,2-3H3;3-5H,1-2H3;1-3H;3-4,7H,1-2H3;1H,2-4H3;2*1-4H;;;/q;;;;;;;;;;2*-1;;;. The molecule has 3 aromatic heterocycles. The molecule has 0 spiro atoms. The Kier molecular flexibility index (Phi) is 47.9. The van der Waals surface area contributed by atoms with Gasteiger partial charge < -0.3 is 30.3 Å². The molecule has 18 rings (SSSR count). The summed E-state index contributed by atoms with van der Waals surface area (Å²) in [5.41, 5.74) is 33.0. The summed E-state index contributed by atoms with van der Waals surface area (Å²) >= 11 is 28.6. The van der Waals surface area contributed by atoms with Crippen molar-refractivity contribution in [2.45, 2.75) is 237 Å². The summed E-state index contributed by atoms with van der Waals surface area (Å²) in [5.74, 6) is 2.15. The number of halogens is 7. The fourth-order valence-electron chi connectivity index (χ4n) is 17.3. The van der Waals surface area contributed by atoms with Gasteiger partial charge in [0.1, 0.15) is 17.2 Å². The third-order valence-corrected chi connectivity index (χ3v) is 38.0. The topological polar surface area (TPSA) is 142 Å². The van der Waals surface area contributed by atoms with Crippen LogP contribution in [0.15, 0.2) is 349 Å². The molecule has 0 saturated carbocycles. The number of hydrogen-bond donors (Lipinski definition) is 4. The largest absolute Gasteiger partial charge is 0.670 e. The first-order valence-electron chi connectivity index (χ1n) is 50.7. The van der Waals surface area contributed by atoms with Crippen molar-refractivity contribution in [3.8, 4) is 72.9 Å². The molecule has 2 aliphatic carbocycles. The van der Waals surface area contributed by atoms with Gasteiger partial charge in [-0.25, -0.2) is 0 Å². The van der Waals surface area contributed by atoms with Crippen molar-refractivity contribution in [3.63, 3.8) is 0 Å². The Bertz CT molecular complexity index is 6880. The van der Waals surface area contributed by atoms with Gasteiger partial charge in [-0.2, -0.15) is 24.8 Å². The van der Waals surface area contributed by atoms with Crippen LogP contribution in [0.4, 0.5) is 17.1 Å². The van der Waals surface area contributed by atoms with E-state index in [2.05, 4.69) is 395 Å². The van der Waals surface area contributed by atoms with E-state index in [1.54, 1.807) is 24.8 Å². The van der Waals surface area contributed by atoms with Crippen molar-refractivity contribution < 1.29 is 69.1 Å². The van der Waals surface area contributed by atoms with Gasteiger partial charge in [0.15, 0.2) is 0 Å². The fraction of sp³-hybridized carbons (Fsp3) is 0.285. The molecule has 0 saturated heterocycles. The number of rotatable bonds is 14. The molecule has 0 radical (unpaired) electrons. The third kappa shape index (κ3) is 36.1. The normalized spacial score (nSPS) is 11.9. The number of fused-ring (bicyclic) bond motifs is 2. The number of aromatic nitrogens is 3. The summed E-state index contributed by atoms with van der Waals surface area (Å²) < 4.78 is 26.7.